The third kappa shape index (κ3) is 2.74. The van der Waals surface area contributed by atoms with Crippen LogP contribution < -0.4 is 10.6 Å². The van der Waals surface area contributed by atoms with E-state index in [1.165, 1.54) is 0 Å². The van der Waals surface area contributed by atoms with Crippen LogP contribution in [0, 0.1) is 18.3 Å². The molecule has 2 N–H and O–H groups in total. The molecule has 0 aromatic rings. The van der Waals surface area contributed by atoms with E-state index < -0.39 is 0 Å². The second-order valence-electron chi connectivity index (χ2n) is 4.04. The summed E-state index contributed by atoms with van der Waals surface area (Å²) in [6.45, 7) is 4.90. The Morgan fingerprint density at radius 2 is 2.36 bits per heavy atom. The van der Waals surface area contributed by atoms with Crippen molar-refractivity contribution in [3.05, 3.63) is 0 Å². The lowest BCUT2D eigenvalue weighted by Gasteiger charge is -2.27. The lowest BCUT2D eigenvalue weighted by molar-refractivity contribution is -0.124. The van der Waals surface area contributed by atoms with E-state index >= 15 is 0 Å². The molecule has 14 heavy (non-hydrogen) atoms. The lowest BCUT2D eigenvalue weighted by Crippen LogP contribution is -2.52. The smallest absolute Gasteiger partial charge is 0.237 e. The van der Waals surface area contributed by atoms with Crippen LogP contribution in [-0.2, 0) is 4.79 Å². The number of carbonyl (C=O) groups is 1. The summed E-state index contributed by atoms with van der Waals surface area (Å²) in [6, 6.07) is -0.115. The normalized spacial score (nSPS) is 24.1. The third-order valence-corrected chi connectivity index (χ3v) is 2.51. The van der Waals surface area contributed by atoms with E-state index in [0.29, 0.717) is 5.92 Å². The Morgan fingerprint density at radius 3 is 2.86 bits per heavy atom. The minimum Gasteiger partial charge on any atom is -0.355 e. The summed E-state index contributed by atoms with van der Waals surface area (Å²) >= 11 is 0. The Morgan fingerprint density at radius 1 is 1.64 bits per heavy atom. The number of hydrogen-bond donors (Lipinski definition) is 2. The highest BCUT2D eigenvalue weighted by Crippen LogP contribution is 2.07. The Hall–Kier alpha value is -1.01. The minimum absolute atomic E-state index is 0.0103. The molecule has 0 aliphatic carbocycles. The molecular formula is C11H18N2O. The van der Waals surface area contributed by atoms with Gasteiger partial charge in [0.15, 0.2) is 0 Å². The Labute approximate surface area is 85.6 Å². The Kier molecular flexibility index (Phi) is 3.97. The summed E-state index contributed by atoms with van der Waals surface area (Å²) in [5.74, 6) is 3.12. The molecule has 78 valence electrons. The summed E-state index contributed by atoms with van der Waals surface area (Å²) in [5.41, 5.74) is 0. The SMILES string of the molecule is C#CC(NC1CCCNC1=O)C(C)C. The molecule has 2 atom stereocenters. The maximum Gasteiger partial charge on any atom is 0.237 e. The van der Waals surface area contributed by atoms with Gasteiger partial charge in [-0.15, -0.1) is 6.42 Å². The molecule has 0 saturated carbocycles. The Bertz CT molecular complexity index is 242. The number of rotatable bonds is 3. The highest BCUT2D eigenvalue weighted by atomic mass is 16.2. The number of amides is 1. The molecule has 1 saturated heterocycles. The lowest BCUT2D eigenvalue weighted by atomic mass is 10.0. The molecule has 1 fully saturated rings. The van der Waals surface area contributed by atoms with Crippen LogP contribution >= 0.6 is 0 Å². The van der Waals surface area contributed by atoms with Crippen molar-refractivity contribution in [2.45, 2.75) is 38.8 Å². The zero-order valence-corrected chi connectivity index (χ0v) is 8.84. The van der Waals surface area contributed by atoms with Crippen LogP contribution in [0.2, 0.25) is 0 Å². The van der Waals surface area contributed by atoms with E-state index in [2.05, 4.69) is 30.4 Å². The van der Waals surface area contributed by atoms with Gasteiger partial charge in [-0.3, -0.25) is 10.1 Å². The summed E-state index contributed by atoms with van der Waals surface area (Å²) < 4.78 is 0. The van der Waals surface area contributed by atoms with Crippen LogP contribution in [0.3, 0.4) is 0 Å². The van der Waals surface area contributed by atoms with Crippen molar-refractivity contribution >= 4 is 5.91 Å². The zero-order chi connectivity index (χ0) is 10.6. The van der Waals surface area contributed by atoms with Crippen molar-refractivity contribution in [2.24, 2.45) is 5.92 Å². The first-order valence-electron chi connectivity index (χ1n) is 5.15. The number of hydrogen-bond acceptors (Lipinski definition) is 2. The monoisotopic (exact) mass is 194 g/mol. The average Bonchev–Trinajstić information content (AvgIpc) is 2.16. The van der Waals surface area contributed by atoms with Crippen LogP contribution in [0.1, 0.15) is 26.7 Å². The molecule has 0 radical (unpaired) electrons. The van der Waals surface area contributed by atoms with E-state index in [1.807, 2.05) is 0 Å². The maximum absolute atomic E-state index is 11.4. The average molecular weight is 194 g/mol. The quantitative estimate of drug-likeness (QED) is 0.643. The highest BCUT2D eigenvalue weighted by molar-refractivity contribution is 5.82. The molecule has 1 heterocycles. The molecule has 0 bridgehead atoms. The number of carbonyl (C=O) groups excluding carboxylic acids is 1. The van der Waals surface area contributed by atoms with Gasteiger partial charge in [-0.2, -0.15) is 0 Å². The van der Waals surface area contributed by atoms with Crippen LogP contribution in [0.5, 0.6) is 0 Å². The van der Waals surface area contributed by atoms with Gasteiger partial charge in [-0.25, -0.2) is 0 Å². The molecule has 1 aliphatic rings. The van der Waals surface area contributed by atoms with Crippen molar-refractivity contribution in [1.29, 1.82) is 0 Å². The van der Waals surface area contributed by atoms with Gasteiger partial charge in [-0.1, -0.05) is 19.8 Å². The molecule has 0 aromatic heterocycles. The van der Waals surface area contributed by atoms with Gasteiger partial charge in [0, 0.05) is 6.54 Å². The summed E-state index contributed by atoms with van der Waals surface area (Å²) in [6.07, 6.45) is 7.30. The fraction of sp³-hybridized carbons (Fsp3) is 0.727. The van der Waals surface area contributed by atoms with E-state index in [9.17, 15) is 4.79 Å². The Balaban J connectivity index is 2.49. The summed E-state index contributed by atoms with van der Waals surface area (Å²) in [5, 5.41) is 6.04. The third-order valence-electron chi connectivity index (χ3n) is 2.51. The molecule has 0 aromatic carbocycles. The van der Waals surface area contributed by atoms with E-state index in [1.54, 1.807) is 0 Å². The van der Waals surface area contributed by atoms with Gasteiger partial charge in [0.2, 0.25) is 5.91 Å². The standard InChI is InChI=1S/C11H18N2O/c1-4-9(8(2)3)13-10-6-5-7-12-11(10)14/h1,8-10,13H,5-7H2,2-3H3,(H,12,14). The number of piperidine rings is 1. The molecular weight excluding hydrogens is 176 g/mol. The van der Waals surface area contributed by atoms with Gasteiger partial charge in [0.05, 0.1) is 12.1 Å². The zero-order valence-electron chi connectivity index (χ0n) is 8.84. The van der Waals surface area contributed by atoms with Gasteiger partial charge in [-0.05, 0) is 18.8 Å². The maximum atomic E-state index is 11.4. The second-order valence-corrected chi connectivity index (χ2v) is 4.04. The molecule has 1 amide bonds. The van der Waals surface area contributed by atoms with Crippen LogP contribution in [0.25, 0.3) is 0 Å². The summed E-state index contributed by atoms with van der Waals surface area (Å²) in [7, 11) is 0. The van der Waals surface area contributed by atoms with Gasteiger partial charge >= 0.3 is 0 Å². The van der Waals surface area contributed by atoms with Crippen LogP contribution in [0.4, 0.5) is 0 Å². The fourth-order valence-corrected chi connectivity index (χ4v) is 1.58. The van der Waals surface area contributed by atoms with Crippen LogP contribution in [0.15, 0.2) is 0 Å². The topological polar surface area (TPSA) is 41.1 Å². The van der Waals surface area contributed by atoms with E-state index in [-0.39, 0.29) is 18.0 Å². The predicted molar refractivity (Wildman–Crippen MR) is 56.6 cm³/mol. The van der Waals surface area contributed by atoms with Crippen molar-refractivity contribution in [3.63, 3.8) is 0 Å². The van der Waals surface area contributed by atoms with Crippen molar-refractivity contribution in [3.8, 4) is 12.3 Å². The number of terminal acetylenes is 1. The van der Waals surface area contributed by atoms with Gasteiger partial charge in [0.25, 0.3) is 0 Å². The highest BCUT2D eigenvalue weighted by Gasteiger charge is 2.24. The van der Waals surface area contributed by atoms with Gasteiger partial charge in [0.1, 0.15) is 0 Å². The number of nitrogens with one attached hydrogen (secondary N) is 2. The van der Waals surface area contributed by atoms with E-state index in [0.717, 1.165) is 19.4 Å². The van der Waals surface area contributed by atoms with E-state index in [4.69, 9.17) is 6.42 Å². The molecule has 1 rings (SSSR count). The first-order valence-corrected chi connectivity index (χ1v) is 5.15. The minimum atomic E-state index is -0.104. The molecule has 3 nitrogen and oxygen atoms in total. The van der Waals surface area contributed by atoms with Crippen molar-refractivity contribution in [2.75, 3.05) is 6.54 Å². The molecule has 1 aliphatic heterocycles. The van der Waals surface area contributed by atoms with Crippen LogP contribution in [-0.4, -0.2) is 24.5 Å². The van der Waals surface area contributed by atoms with Gasteiger partial charge < -0.3 is 5.32 Å². The second kappa shape index (κ2) is 5.02. The predicted octanol–water partition coefficient (Wildman–Crippen LogP) is 0.512. The van der Waals surface area contributed by atoms with Crippen molar-refractivity contribution < 1.29 is 4.79 Å². The first-order chi connectivity index (χ1) is 6.65. The fourth-order valence-electron chi connectivity index (χ4n) is 1.58. The summed E-state index contributed by atoms with van der Waals surface area (Å²) in [4.78, 5) is 11.4. The molecule has 2 unspecified atom stereocenters. The molecule has 0 spiro atoms. The first kappa shape index (κ1) is 11.1. The molecule has 3 heteroatoms. The largest absolute Gasteiger partial charge is 0.355 e. The van der Waals surface area contributed by atoms with Crippen molar-refractivity contribution in [1.82, 2.24) is 10.6 Å².